The van der Waals surface area contributed by atoms with Gasteiger partial charge in [-0.25, -0.2) is 0 Å². The van der Waals surface area contributed by atoms with Gasteiger partial charge in [0.25, 0.3) is 0 Å². The lowest BCUT2D eigenvalue weighted by molar-refractivity contribution is -0.116. The second kappa shape index (κ2) is 5.59. The molecule has 0 bridgehead atoms. The van der Waals surface area contributed by atoms with E-state index in [2.05, 4.69) is 16.7 Å². The van der Waals surface area contributed by atoms with E-state index in [1.54, 1.807) is 11.8 Å². The summed E-state index contributed by atoms with van der Waals surface area (Å²) >= 11 is 1.69. The number of para-hydroxylation sites is 1. The Labute approximate surface area is 122 Å². The number of hydrogen-bond acceptors (Lipinski definition) is 3. The fraction of sp³-hybridized carbons (Fsp3) is 0.188. The molecule has 4 heteroatoms. The van der Waals surface area contributed by atoms with Gasteiger partial charge in [-0.1, -0.05) is 18.2 Å². The highest BCUT2D eigenvalue weighted by Gasteiger charge is 2.26. The molecule has 3 nitrogen and oxygen atoms in total. The maximum atomic E-state index is 12.3. The van der Waals surface area contributed by atoms with Gasteiger partial charge in [-0.15, -0.1) is 11.8 Å². The monoisotopic (exact) mass is 284 g/mol. The SMILES string of the molecule is CSc1ccc(NC(=O)C2Cc3ccccc3N2)cc1. The predicted molar refractivity (Wildman–Crippen MR) is 84.4 cm³/mol. The standard InChI is InChI=1S/C16H16N2OS/c1-20-13-8-6-12(7-9-13)17-16(19)15-10-11-4-2-3-5-14(11)18-15/h2-9,15,18H,10H2,1H3,(H,17,19). The van der Waals surface area contributed by atoms with Crippen LogP contribution in [0.4, 0.5) is 11.4 Å². The minimum Gasteiger partial charge on any atom is -0.373 e. The molecular formula is C16H16N2OS. The van der Waals surface area contributed by atoms with E-state index in [9.17, 15) is 4.79 Å². The van der Waals surface area contributed by atoms with Gasteiger partial charge in [0.2, 0.25) is 5.91 Å². The zero-order valence-electron chi connectivity index (χ0n) is 11.2. The van der Waals surface area contributed by atoms with E-state index >= 15 is 0 Å². The number of hydrogen-bond donors (Lipinski definition) is 2. The summed E-state index contributed by atoms with van der Waals surface area (Å²) in [5.74, 6) is 0.0121. The summed E-state index contributed by atoms with van der Waals surface area (Å²) in [6.07, 6.45) is 2.78. The van der Waals surface area contributed by atoms with E-state index in [0.717, 1.165) is 17.8 Å². The Kier molecular flexibility index (Phi) is 3.65. The van der Waals surface area contributed by atoms with Crippen LogP contribution in [-0.2, 0) is 11.2 Å². The molecule has 1 heterocycles. The molecule has 1 amide bonds. The van der Waals surface area contributed by atoms with Gasteiger partial charge in [0, 0.05) is 22.7 Å². The fourth-order valence-electron chi connectivity index (χ4n) is 2.36. The third-order valence-electron chi connectivity index (χ3n) is 3.45. The quantitative estimate of drug-likeness (QED) is 0.849. The topological polar surface area (TPSA) is 41.1 Å². The van der Waals surface area contributed by atoms with Gasteiger partial charge in [0.05, 0.1) is 0 Å². The first-order valence-electron chi connectivity index (χ1n) is 6.55. The molecule has 2 N–H and O–H groups in total. The van der Waals surface area contributed by atoms with Crippen molar-refractivity contribution in [2.45, 2.75) is 17.4 Å². The van der Waals surface area contributed by atoms with E-state index in [0.29, 0.717) is 0 Å². The number of thioether (sulfide) groups is 1. The first-order chi connectivity index (χ1) is 9.76. The molecule has 1 atom stereocenters. The number of nitrogens with one attached hydrogen (secondary N) is 2. The van der Waals surface area contributed by atoms with Crippen LogP contribution in [0, 0.1) is 0 Å². The fourth-order valence-corrected chi connectivity index (χ4v) is 2.77. The van der Waals surface area contributed by atoms with E-state index < -0.39 is 0 Å². The Morgan fingerprint density at radius 3 is 2.65 bits per heavy atom. The Balaban J connectivity index is 1.66. The third-order valence-corrected chi connectivity index (χ3v) is 4.19. The van der Waals surface area contributed by atoms with Gasteiger partial charge in [0.15, 0.2) is 0 Å². The van der Waals surface area contributed by atoms with Crippen molar-refractivity contribution in [3.05, 3.63) is 54.1 Å². The van der Waals surface area contributed by atoms with Crippen LogP contribution >= 0.6 is 11.8 Å². The van der Waals surface area contributed by atoms with Crippen molar-refractivity contribution in [3.63, 3.8) is 0 Å². The van der Waals surface area contributed by atoms with Crippen molar-refractivity contribution in [1.82, 2.24) is 0 Å². The lowest BCUT2D eigenvalue weighted by atomic mass is 10.1. The highest BCUT2D eigenvalue weighted by molar-refractivity contribution is 7.98. The second-order valence-electron chi connectivity index (χ2n) is 4.78. The largest absolute Gasteiger partial charge is 0.373 e. The highest BCUT2D eigenvalue weighted by Crippen LogP contribution is 2.26. The Hall–Kier alpha value is -1.94. The average molecular weight is 284 g/mol. The maximum absolute atomic E-state index is 12.3. The van der Waals surface area contributed by atoms with Crippen LogP contribution < -0.4 is 10.6 Å². The van der Waals surface area contributed by atoms with Gasteiger partial charge in [0.1, 0.15) is 6.04 Å². The van der Waals surface area contributed by atoms with E-state index in [1.807, 2.05) is 48.7 Å². The highest BCUT2D eigenvalue weighted by atomic mass is 32.2. The molecule has 102 valence electrons. The molecule has 0 saturated heterocycles. The zero-order valence-corrected chi connectivity index (χ0v) is 12.0. The average Bonchev–Trinajstić information content (AvgIpc) is 2.92. The summed E-state index contributed by atoms with van der Waals surface area (Å²) in [5.41, 5.74) is 3.10. The van der Waals surface area contributed by atoms with Gasteiger partial charge in [-0.2, -0.15) is 0 Å². The lowest BCUT2D eigenvalue weighted by Gasteiger charge is -2.12. The first kappa shape index (κ1) is 13.1. The minimum absolute atomic E-state index is 0.0121. The molecule has 0 spiro atoms. The summed E-state index contributed by atoms with van der Waals surface area (Å²) in [7, 11) is 0. The molecular weight excluding hydrogens is 268 g/mol. The van der Waals surface area contributed by atoms with Crippen molar-refractivity contribution in [2.75, 3.05) is 16.9 Å². The molecule has 0 fully saturated rings. The van der Waals surface area contributed by atoms with E-state index in [4.69, 9.17) is 0 Å². The molecule has 0 aromatic heterocycles. The first-order valence-corrected chi connectivity index (χ1v) is 7.78. The van der Waals surface area contributed by atoms with E-state index in [-0.39, 0.29) is 11.9 Å². The van der Waals surface area contributed by atoms with E-state index in [1.165, 1.54) is 10.5 Å². The van der Waals surface area contributed by atoms with Crippen LogP contribution in [0.5, 0.6) is 0 Å². The van der Waals surface area contributed by atoms with Crippen molar-refractivity contribution in [3.8, 4) is 0 Å². The summed E-state index contributed by atoms with van der Waals surface area (Å²) in [6.45, 7) is 0. The summed E-state index contributed by atoms with van der Waals surface area (Å²) < 4.78 is 0. The summed E-state index contributed by atoms with van der Waals surface area (Å²) in [4.78, 5) is 13.4. The number of carbonyl (C=O) groups is 1. The van der Waals surface area contributed by atoms with Crippen LogP contribution in [0.25, 0.3) is 0 Å². The van der Waals surface area contributed by atoms with Gasteiger partial charge in [-0.3, -0.25) is 4.79 Å². The molecule has 3 rings (SSSR count). The lowest BCUT2D eigenvalue weighted by Crippen LogP contribution is -2.32. The van der Waals surface area contributed by atoms with Crippen LogP contribution in [-0.4, -0.2) is 18.2 Å². The van der Waals surface area contributed by atoms with Gasteiger partial charge < -0.3 is 10.6 Å². The predicted octanol–water partition coefficient (Wildman–Crippen LogP) is 3.38. The van der Waals surface area contributed by atoms with Crippen LogP contribution in [0.3, 0.4) is 0 Å². The molecule has 1 aliphatic heterocycles. The second-order valence-corrected chi connectivity index (χ2v) is 5.66. The number of benzene rings is 2. The summed E-state index contributed by atoms with van der Waals surface area (Å²) in [5, 5.41) is 6.22. The molecule has 1 aliphatic rings. The smallest absolute Gasteiger partial charge is 0.247 e. The third kappa shape index (κ3) is 2.65. The Morgan fingerprint density at radius 2 is 1.95 bits per heavy atom. The number of amides is 1. The summed E-state index contributed by atoms with van der Waals surface area (Å²) in [6, 6.07) is 15.8. The maximum Gasteiger partial charge on any atom is 0.247 e. The number of fused-ring (bicyclic) bond motifs is 1. The molecule has 2 aromatic rings. The minimum atomic E-state index is -0.187. The van der Waals surface area contributed by atoms with Gasteiger partial charge >= 0.3 is 0 Å². The number of carbonyl (C=O) groups excluding carboxylic acids is 1. The Morgan fingerprint density at radius 1 is 1.20 bits per heavy atom. The molecule has 0 aliphatic carbocycles. The van der Waals surface area contributed by atoms with Crippen molar-refractivity contribution in [2.24, 2.45) is 0 Å². The van der Waals surface area contributed by atoms with Crippen molar-refractivity contribution < 1.29 is 4.79 Å². The molecule has 1 unspecified atom stereocenters. The number of anilines is 2. The van der Waals surface area contributed by atoms with Crippen molar-refractivity contribution >= 4 is 29.0 Å². The number of rotatable bonds is 3. The molecule has 20 heavy (non-hydrogen) atoms. The van der Waals surface area contributed by atoms with Crippen LogP contribution in [0.2, 0.25) is 0 Å². The normalized spacial score (nSPS) is 16.4. The molecule has 0 radical (unpaired) electrons. The Bertz CT molecular complexity index is 600. The molecule has 2 aromatic carbocycles. The van der Waals surface area contributed by atoms with Crippen molar-refractivity contribution in [1.29, 1.82) is 0 Å². The van der Waals surface area contributed by atoms with Crippen LogP contribution in [0.1, 0.15) is 5.56 Å². The van der Waals surface area contributed by atoms with Gasteiger partial charge in [-0.05, 0) is 42.2 Å². The zero-order chi connectivity index (χ0) is 13.9. The molecule has 0 saturated carbocycles. The van der Waals surface area contributed by atoms with Crippen LogP contribution in [0.15, 0.2) is 53.4 Å².